The van der Waals surface area contributed by atoms with Gasteiger partial charge in [0.05, 0.1) is 0 Å². The second-order valence-corrected chi connectivity index (χ2v) is 17.4. The molecular formula is C47H70F4. The fourth-order valence-electron chi connectivity index (χ4n) is 11.0. The fraction of sp³-hybridized carbons (Fsp3) is 0.745. The Hall–Kier alpha value is -1.84. The highest BCUT2D eigenvalue weighted by atomic mass is 19.2. The molecule has 4 aliphatic carbocycles. The van der Waals surface area contributed by atoms with Crippen molar-refractivity contribution in [2.45, 2.75) is 187 Å². The first kappa shape index (κ1) is 40.3. The van der Waals surface area contributed by atoms with Crippen LogP contribution < -0.4 is 0 Å². The van der Waals surface area contributed by atoms with Gasteiger partial charge in [0.25, 0.3) is 0 Å². The standard InChI is InChI=1S/C24H36F2.C23H34F2/c1-3-5-17-7-9-18(10-8-17)19-11-13-20(14-12-19)22-16-15-21(6-4-2)23(25)24(22)26;1-3-5-20-14-15-21(23(25)22(20)24)19-12-10-18(11-13-19)17-8-6-16(4-2)7-9-17/h15-20H,3-14H2,1-2H3;14-19H,3-13H2,1-2H3. The lowest BCUT2D eigenvalue weighted by molar-refractivity contribution is 0.156. The third kappa shape index (κ3) is 10.4. The quantitative estimate of drug-likeness (QED) is 0.204. The van der Waals surface area contributed by atoms with E-state index in [-0.39, 0.29) is 11.8 Å². The molecule has 0 bridgehead atoms. The van der Waals surface area contributed by atoms with Crippen LogP contribution in [0.4, 0.5) is 17.6 Å². The molecule has 4 aliphatic rings. The van der Waals surface area contributed by atoms with Crippen molar-refractivity contribution in [3.8, 4) is 0 Å². The smallest absolute Gasteiger partial charge is 0.162 e. The molecule has 0 radical (unpaired) electrons. The number of hydrogen-bond donors (Lipinski definition) is 0. The predicted molar refractivity (Wildman–Crippen MR) is 206 cm³/mol. The highest BCUT2D eigenvalue weighted by Crippen LogP contribution is 2.46. The molecule has 0 spiro atoms. The second kappa shape index (κ2) is 20.0. The van der Waals surface area contributed by atoms with E-state index in [2.05, 4.69) is 13.8 Å². The van der Waals surface area contributed by atoms with E-state index in [9.17, 15) is 17.6 Å². The Morgan fingerprint density at radius 1 is 0.412 bits per heavy atom. The van der Waals surface area contributed by atoms with Gasteiger partial charge < -0.3 is 0 Å². The van der Waals surface area contributed by atoms with Crippen molar-refractivity contribution >= 4 is 0 Å². The van der Waals surface area contributed by atoms with E-state index >= 15 is 0 Å². The zero-order valence-electron chi connectivity index (χ0n) is 32.7. The summed E-state index contributed by atoms with van der Waals surface area (Å²) in [5, 5.41) is 0. The average molecular weight is 711 g/mol. The molecule has 0 aliphatic heterocycles. The number of halogens is 4. The van der Waals surface area contributed by atoms with E-state index in [0.717, 1.165) is 74.0 Å². The van der Waals surface area contributed by atoms with Crippen molar-refractivity contribution in [2.24, 2.45) is 35.5 Å². The summed E-state index contributed by atoms with van der Waals surface area (Å²) < 4.78 is 57.7. The number of benzene rings is 2. The summed E-state index contributed by atoms with van der Waals surface area (Å²) in [7, 11) is 0. The van der Waals surface area contributed by atoms with Gasteiger partial charge in [0.2, 0.25) is 0 Å². The second-order valence-electron chi connectivity index (χ2n) is 17.4. The third-order valence-corrected chi connectivity index (χ3v) is 14.2. The van der Waals surface area contributed by atoms with Crippen LogP contribution in [0.25, 0.3) is 0 Å². The molecule has 2 aromatic carbocycles. The first-order valence-corrected chi connectivity index (χ1v) is 21.7. The zero-order chi connectivity index (χ0) is 36.3. The Labute approximate surface area is 309 Å². The molecule has 4 fully saturated rings. The predicted octanol–water partition coefficient (Wildman–Crippen LogP) is 15.2. The van der Waals surface area contributed by atoms with Gasteiger partial charge in [-0.25, -0.2) is 17.6 Å². The first-order chi connectivity index (χ1) is 24.8. The van der Waals surface area contributed by atoms with Crippen LogP contribution in [-0.4, -0.2) is 0 Å². The van der Waals surface area contributed by atoms with E-state index in [0.29, 0.717) is 35.1 Å². The topological polar surface area (TPSA) is 0 Å². The van der Waals surface area contributed by atoms with Crippen molar-refractivity contribution < 1.29 is 17.6 Å². The van der Waals surface area contributed by atoms with Gasteiger partial charge in [-0.1, -0.05) is 110 Å². The highest BCUT2D eigenvalue weighted by Gasteiger charge is 2.34. The van der Waals surface area contributed by atoms with Gasteiger partial charge in [-0.2, -0.15) is 0 Å². The Morgan fingerprint density at radius 2 is 0.765 bits per heavy atom. The van der Waals surface area contributed by atoms with E-state index in [4.69, 9.17) is 0 Å². The molecule has 286 valence electrons. The van der Waals surface area contributed by atoms with Crippen LogP contribution in [0, 0.1) is 58.8 Å². The molecule has 0 N–H and O–H groups in total. The molecule has 0 unspecified atom stereocenters. The van der Waals surface area contributed by atoms with Crippen LogP contribution in [0.1, 0.15) is 197 Å². The lowest BCUT2D eigenvalue weighted by Gasteiger charge is -2.38. The lowest BCUT2D eigenvalue weighted by atomic mass is 9.68. The van der Waals surface area contributed by atoms with E-state index < -0.39 is 23.3 Å². The summed E-state index contributed by atoms with van der Waals surface area (Å²) in [6.07, 6.45) is 27.1. The highest BCUT2D eigenvalue weighted by molar-refractivity contribution is 5.30. The molecular weight excluding hydrogens is 641 g/mol. The lowest BCUT2D eigenvalue weighted by Crippen LogP contribution is -2.25. The van der Waals surface area contributed by atoms with Gasteiger partial charge in [-0.3, -0.25) is 0 Å². The van der Waals surface area contributed by atoms with E-state index in [1.807, 2.05) is 38.1 Å². The maximum atomic E-state index is 14.6. The van der Waals surface area contributed by atoms with Gasteiger partial charge >= 0.3 is 0 Å². The van der Waals surface area contributed by atoms with E-state index in [1.54, 1.807) is 0 Å². The maximum absolute atomic E-state index is 14.6. The molecule has 4 heteroatoms. The van der Waals surface area contributed by atoms with Crippen LogP contribution in [0.2, 0.25) is 0 Å². The maximum Gasteiger partial charge on any atom is 0.162 e. The minimum atomic E-state index is -0.598. The molecule has 0 aromatic heterocycles. The summed E-state index contributed by atoms with van der Waals surface area (Å²) in [6, 6.07) is 7.36. The minimum Gasteiger partial charge on any atom is -0.203 e. The molecule has 4 saturated carbocycles. The zero-order valence-corrected chi connectivity index (χ0v) is 32.7. The van der Waals surface area contributed by atoms with Crippen molar-refractivity contribution in [1.82, 2.24) is 0 Å². The fourth-order valence-corrected chi connectivity index (χ4v) is 11.0. The molecule has 0 nitrogen and oxygen atoms in total. The van der Waals surface area contributed by atoms with E-state index in [1.165, 1.54) is 96.3 Å². The summed E-state index contributed by atoms with van der Waals surface area (Å²) >= 11 is 0. The molecule has 51 heavy (non-hydrogen) atoms. The molecule has 0 heterocycles. The van der Waals surface area contributed by atoms with Crippen LogP contribution >= 0.6 is 0 Å². The summed E-state index contributed by atoms with van der Waals surface area (Å²) in [6.45, 7) is 8.61. The monoisotopic (exact) mass is 711 g/mol. The van der Waals surface area contributed by atoms with Crippen LogP contribution in [0.3, 0.4) is 0 Å². The van der Waals surface area contributed by atoms with Crippen LogP contribution in [0.5, 0.6) is 0 Å². The van der Waals surface area contributed by atoms with Crippen molar-refractivity contribution in [3.63, 3.8) is 0 Å². The van der Waals surface area contributed by atoms with Crippen LogP contribution in [-0.2, 0) is 12.8 Å². The summed E-state index contributed by atoms with van der Waals surface area (Å²) in [5.74, 6) is 3.42. The SMILES string of the molecule is CCCc1ccc(C2CCC(C3CCC(CC)CC3)CC2)c(F)c1F.CCCc1ccc(C2CCC(C3CCC(CCC)CC3)CC2)c(F)c1F. The minimum absolute atomic E-state index is 0.216. The van der Waals surface area contributed by atoms with Crippen LogP contribution in [0.15, 0.2) is 24.3 Å². The van der Waals surface area contributed by atoms with Gasteiger partial charge in [0.1, 0.15) is 0 Å². The molecule has 6 rings (SSSR count). The number of hydrogen-bond acceptors (Lipinski definition) is 0. The largest absolute Gasteiger partial charge is 0.203 e. The average Bonchev–Trinajstić information content (AvgIpc) is 3.17. The van der Waals surface area contributed by atoms with Gasteiger partial charge in [-0.05, 0) is 159 Å². The normalized spacial score (nSPS) is 30.0. The van der Waals surface area contributed by atoms with Gasteiger partial charge in [-0.15, -0.1) is 0 Å². The van der Waals surface area contributed by atoms with Crippen molar-refractivity contribution in [2.75, 3.05) is 0 Å². The van der Waals surface area contributed by atoms with Crippen molar-refractivity contribution in [1.29, 1.82) is 0 Å². The molecule has 0 amide bonds. The number of rotatable bonds is 11. The summed E-state index contributed by atoms with van der Waals surface area (Å²) in [4.78, 5) is 0. The van der Waals surface area contributed by atoms with Gasteiger partial charge in [0.15, 0.2) is 23.3 Å². The molecule has 0 atom stereocenters. The Balaban J connectivity index is 0.000000198. The molecule has 2 aromatic rings. The molecule has 0 saturated heterocycles. The Bertz CT molecular complexity index is 1320. The van der Waals surface area contributed by atoms with Crippen molar-refractivity contribution in [3.05, 3.63) is 69.8 Å². The Morgan fingerprint density at radius 3 is 1.10 bits per heavy atom. The number of aryl methyl sites for hydroxylation is 2. The third-order valence-electron chi connectivity index (χ3n) is 14.2. The summed E-state index contributed by atoms with van der Waals surface area (Å²) in [5.41, 5.74) is 2.33. The Kier molecular flexibility index (Phi) is 15.8. The van der Waals surface area contributed by atoms with Gasteiger partial charge in [0, 0.05) is 0 Å². The first-order valence-electron chi connectivity index (χ1n) is 21.7.